The first-order chi connectivity index (χ1) is 6.75. The molecule has 1 rings (SSSR count). The summed E-state index contributed by atoms with van der Waals surface area (Å²) in [6, 6.07) is 1.81. The van der Waals surface area contributed by atoms with E-state index in [1.165, 1.54) is 22.6 Å². The maximum Gasteiger partial charge on any atom is 0.424 e. The van der Waals surface area contributed by atoms with Crippen molar-refractivity contribution in [2.45, 2.75) is 6.18 Å². The lowest BCUT2D eigenvalue weighted by atomic mass is 10.2. The van der Waals surface area contributed by atoms with E-state index in [-0.39, 0.29) is 8.59 Å². The summed E-state index contributed by atoms with van der Waals surface area (Å²) in [5, 5.41) is 10.2. The molecule has 0 spiro atoms. The summed E-state index contributed by atoms with van der Waals surface area (Å²) in [5.74, 6) is 0. The van der Waals surface area contributed by atoms with Crippen LogP contribution in [0.3, 0.4) is 0 Å². The zero-order chi connectivity index (χ0) is 11.8. The van der Waals surface area contributed by atoms with Gasteiger partial charge in [-0.1, -0.05) is 11.6 Å². The molecule has 0 aliphatic carbocycles. The quantitative estimate of drug-likeness (QED) is 0.438. The zero-order valence-electron chi connectivity index (χ0n) is 6.81. The van der Waals surface area contributed by atoms with E-state index in [2.05, 4.69) is 0 Å². The molecule has 0 atom stereocenters. The third-order valence-electron chi connectivity index (χ3n) is 1.55. The van der Waals surface area contributed by atoms with Crippen LogP contribution in [-0.4, -0.2) is 4.92 Å². The monoisotopic (exact) mass is 351 g/mol. The number of alkyl halides is 3. The maximum absolute atomic E-state index is 12.5. The first-order valence-corrected chi connectivity index (χ1v) is 4.90. The Morgan fingerprint density at radius 2 is 1.93 bits per heavy atom. The minimum absolute atomic E-state index is 0.159. The summed E-state index contributed by atoms with van der Waals surface area (Å²) in [5.41, 5.74) is -2.29. The van der Waals surface area contributed by atoms with Crippen LogP contribution in [0.4, 0.5) is 18.9 Å². The topological polar surface area (TPSA) is 43.1 Å². The number of halogens is 5. The number of hydrogen-bond donors (Lipinski definition) is 0. The molecule has 0 aliphatic rings. The molecule has 8 heteroatoms. The fraction of sp³-hybridized carbons (Fsp3) is 0.143. The van der Waals surface area contributed by atoms with Crippen molar-refractivity contribution in [2.75, 3.05) is 0 Å². The fourth-order valence-corrected chi connectivity index (χ4v) is 1.88. The van der Waals surface area contributed by atoms with Crippen molar-refractivity contribution in [1.29, 1.82) is 0 Å². The highest BCUT2D eigenvalue weighted by molar-refractivity contribution is 14.1. The predicted molar refractivity (Wildman–Crippen MR) is 55.8 cm³/mol. The van der Waals surface area contributed by atoms with Gasteiger partial charge >= 0.3 is 6.18 Å². The van der Waals surface area contributed by atoms with E-state index in [0.717, 1.165) is 12.1 Å². The number of nitro groups is 1. The lowest BCUT2D eigenvalue weighted by Gasteiger charge is -2.10. The van der Waals surface area contributed by atoms with Crippen LogP contribution in [0.1, 0.15) is 5.56 Å². The van der Waals surface area contributed by atoms with E-state index in [1.807, 2.05) is 0 Å². The van der Waals surface area contributed by atoms with Gasteiger partial charge < -0.3 is 0 Å². The summed E-state index contributed by atoms with van der Waals surface area (Å²) in [4.78, 5) is 9.31. The van der Waals surface area contributed by atoms with E-state index in [1.54, 1.807) is 0 Å². The van der Waals surface area contributed by atoms with Crippen LogP contribution in [-0.2, 0) is 6.18 Å². The summed E-state index contributed by atoms with van der Waals surface area (Å²) < 4.78 is 37.1. The van der Waals surface area contributed by atoms with Crippen molar-refractivity contribution >= 4 is 39.9 Å². The van der Waals surface area contributed by atoms with Crippen LogP contribution in [0.15, 0.2) is 12.1 Å². The second kappa shape index (κ2) is 4.12. The summed E-state index contributed by atoms with van der Waals surface area (Å²) in [6.07, 6.45) is -4.79. The average Bonchev–Trinajstić information content (AvgIpc) is 2.06. The molecule has 1 aromatic rings. The minimum Gasteiger partial charge on any atom is -0.258 e. The van der Waals surface area contributed by atoms with Crippen LogP contribution in [0.5, 0.6) is 0 Å². The SMILES string of the molecule is O=[N+]([O-])c1ccc(Cl)c(I)c1C(F)(F)F. The van der Waals surface area contributed by atoms with E-state index in [4.69, 9.17) is 11.6 Å². The van der Waals surface area contributed by atoms with E-state index < -0.39 is 22.4 Å². The maximum atomic E-state index is 12.5. The summed E-state index contributed by atoms with van der Waals surface area (Å²) >= 11 is 6.80. The molecule has 0 aliphatic heterocycles. The highest BCUT2D eigenvalue weighted by Gasteiger charge is 2.41. The Bertz CT molecular complexity index is 421. The molecule has 0 unspecified atom stereocenters. The molecule has 0 fully saturated rings. The molecular formula is C7H2ClF3INO2. The molecule has 15 heavy (non-hydrogen) atoms. The van der Waals surface area contributed by atoms with Gasteiger partial charge in [0.05, 0.1) is 13.5 Å². The van der Waals surface area contributed by atoms with Crippen molar-refractivity contribution < 1.29 is 18.1 Å². The molecule has 0 radical (unpaired) electrons. The first kappa shape index (κ1) is 12.5. The number of benzene rings is 1. The molecular weight excluding hydrogens is 349 g/mol. The van der Waals surface area contributed by atoms with Gasteiger partial charge in [-0.15, -0.1) is 0 Å². The smallest absolute Gasteiger partial charge is 0.258 e. The van der Waals surface area contributed by atoms with Gasteiger partial charge in [-0.25, -0.2) is 0 Å². The Kier molecular flexibility index (Phi) is 3.44. The van der Waals surface area contributed by atoms with Crippen molar-refractivity contribution in [3.63, 3.8) is 0 Å². The Hall–Kier alpha value is -0.570. The Morgan fingerprint density at radius 1 is 1.40 bits per heavy atom. The molecule has 0 aromatic heterocycles. The second-order valence-corrected chi connectivity index (χ2v) is 4.00. The molecule has 0 amide bonds. The van der Waals surface area contributed by atoms with Crippen molar-refractivity contribution in [1.82, 2.24) is 0 Å². The van der Waals surface area contributed by atoms with Crippen LogP contribution >= 0.6 is 34.2 Å². The Labute approximate surface area is 101 Å². The lowest BCUT2D eigenvalue weighted by molar-refractivity contribution is -0.388. The Balaban J connectivity index is 3.57. The van der Waals surface area contributed by atoms with Gasteiger partial charge in [-0.3, -0.25) is 10.1 Å². The third-order valence-corrected chi connectivity index (χ3v) is 3.31. The number of nitro benzene ring substituents is 1. The summed E-state index contributed by atoms with van der Waals surface area (Å²) in [6.45, 7) is 0. The third kappa shape index (κ3) is 2.51. The Morgan fingerprint density at radius 3 is 2.33 bits per heavy atom. The normalized spacial score (nSPS) is 11.5. The van der Waals surface area contributed by atoms with Gasteiger partial charge in [0.2, 0.25) is 0 Å². The standard InChI is InChI=1S/C7H2ClF3INO2/c8-3-1-2-4(13(14)15)5(6(3)12)7(9,10)11/h1-2H. The minimum atomic E-state index is -4.79. The van der Waals surface area contributed by atoms with Crippen LogP contribution < -0.4 is 0 Å². The van der Waals surface area contributed by atoms with Crippen molar-refractivity contribution in [3.8, 4) is 0 Å². The average molecular weight is 351 g/mol. The van der Waals surface area contributed by atoms with Gasteiger partial charge in [0.15, 0.2) is 0 Å². The van der Waals surface area contributed by atoms with Gasteiger partial charge in [-0.05, 0) is 28.7 Å². The van der Waals surface area contributed by atoms with Gasteiger partial charge in [0.25, 0.3) is 5.69 Å². The van der Waals surface area contributed by atoms with E-state index >= 15 is 0 Å². The highest BCUT2D eigenvalue weighted by Crippen LogP contribution is 2.41. The lowest BCUT2D eigenvalue weighted by Crippen LogP contribution is -2.11. The molecule has 0 bridgehead atoms. The van der Waals surface area contributed by atoms with Gasteiger partial charge in [-0.2, -0.15) is 13.2 Å². The predicted octanol–water partition coefficient (Wildman–Crippen LogP) is 3.87. The van der Waals surface area contributed by atoms with Crippen molar-refractivity contribution in [3.05, 3.63) is 36.4 Å². The van der Waals surface area contributed by atoms with Crippen LogP contribution in [0.2, 0.25) is 5.02 Å². The largest absolute Gasteiger partial charge is 0.424 e. The molecule has 82 valence electrons. The van der Waals surface area contributed by atoms with Gasteiger partial charge in [0.1, 0.15) is 5.56 Å². The molecule has 0 saturated carbocycles. The van der Waals surface area contributed by atoms with Crippen LogP contribution in [0.25, 0.3) is 0 Å². The van der Waals surface area contributed by atoms with E-state index in [0.29, 0.717) is 0 Å². The molecule has 0 heterocycles. The number of rotatable bonds is 1. The number of hydrogen-bond acceptors (Lipinski definition) is 2. The fourth-order valence-electron chi connectivity index (χ4n) is 0.962. The van der Waals surface area contributed by atoms with Crippen molar-refractivity contribution in [2.24, 2.45) is 0 Å². The second-order valence-electron chi connectivity index (χ2n) is 2.51. The van der Waals surface area contributed by atoms with Crippen LogP contribution in [0, 0.1) is 13.7 Å². The molecule has 0 N–H and O–H groups in total. The highest BCUT2D eigenvalue weighted by atomic mass is 127. The zero-order valence-corrected chi connectivity index (χ0v) is 9.72. The van der Waals surface area contributed by atoms with E-state index in [9.17, 15) is 23.3 Å². The number of nitrogens with zero attached hydrogens (tertiary/aromatic N) is 1. The molecule has 1 aromatic carbocycles. The molecule has 0 saturated heterocycles. The van der Waals surface area contributed by atoms with Gasteiger partial charge in [0, 0.05) is 6.07 Å². The summed E-state index contributed by atoms with van der Waals surface area (Å²) in [7, 11) is 0. The molecule has 3 nitrogen and oxygen atoms in total. The first-order valence-electron chi connectivity index (χ1n) is 3.44.